The topological polar surface area (TPSA) is 88.1 Å². The van der Waals surface area contributed by atoms with Gasteiger partial charge in [0, 0.05) is 29.8 Å². The minimum Gasteiger partial charge on any atom is -0.508 e. The lowest BCUT2D eigenvalue weighted by molar-refractivity contribution is -0.137. The molecule has 29 heavy (non-hydrogen) atoms. The molecule has 2 N–H and O–H groups in total. The number of esters is 1. The summed E-state index contributed by atoms with van der Waals surface area (Å²) in [5, 5.41) is 13.6. The summed E-state index contributed by atoms with van der Waals surface area (Å²) in [7, 11) is 2.84. The predicted molar refractivity (Wildman–Crippen MR) is 107 cm³/mol. The second-order valence-corrected chi connectivity index (χ2v) is 7.93. The summed E-state index contributed by atoms with van der Waals surface area (Å²) in [6.45, 7) is 5.38. The minimum atomic E-state index is -0.834. The molecule has 3 aliphatic heterocycles. The number of piperidine rings is 1. The Bertz CT molecular complexity index is 895. The average Bonchev–Trinajstić information content (AvgIpc) is 3.24. The number of carbonyl (C=O) groups is 2. The number of nitrogens with zero attached hydrogens (tertiary/aromatic N) is 1. The summed E-state index contributed by atoms with van der Waals surface area (Å²) < 4.78 is 10.1. The second kappa shape index (κ2) is 7.22. The van der Waals surface area contributed by atoms with Gasteiger partial charge < -0.3 is 19.9 Å². The summed E-state index contributed by atoms with van der Waals surface area (Å²) in [4.78, 5) is 27.9. The Morgan fingerprint density at radius 3 is 2.90 bits per heavy atom. The van der Waals surface area contributed by atoms with E-state index in [0.717, 1.165) is 6.54 Å². The van der Waals surface area contributed by atoms with Gasteiger partial charge in [-0.2, -0.15) is 0 Å². The number of aromatic hydroxyl groups is 1. The number of hydrogen-bond donors (Lipinski definition) is 2. The van der Waals surface area contributed by atoms with Crippen LogP contribution in [0.15, 0.2) is 42.7 Å². The zero-order valence-corrected chi connectivity index (χ0v) is 16.7. The van der Waals surface area contributed by atoms with E-state index in [4.69, 9.17) is 9.47 Å². The number of phenols is 1. The molecule has 2 fully saturated rings. The molecule has 1 aromatic carbocycles. The van der Waals surface area contributed by atoms with Crippen LogP contribution in [-0.4, -0.2) is 55.2 Å². The smallest absolute Gasteiger partial charge is 0.337 e. The summed E-state index contributed by atoms with van der Waals surface area (Å²) in [6, 6.07) is 5.03. The number of nitrogens with one attached hydrogen (secondary N) is 1. The van der Waals surface area contributed by atoms with E-state index in [9.17, 15) is 14.7 Å². The zero-order chi connectivity index (χ0) is 20.8. The van der Waals surface area contributed by atoms with Crippen molar-refractivity contribution >= 4 is 17.6 Å². The van der Waals surface area contributed by atoms with Crippen LogP contribution in [0.5, 0.6) is 5.75 Å². The van der Waals surface area contributed by atoms with Crippen LogP contribution in [-0.2, 0) is 24.5 Å². The standard InChI is InChI=1S/C22H26N2O5/c1-4-13-11-24-9-8-22(19-16(23-21(22)27)6-5-7-17(19)25)18(24)10-14(13)15(12-28-2)20(26)29-3/h4-7,12-14,18,25H,1,8-11H2,2-3H3,(H,23,27)/t13-,14+,18+,22+/m1/s1. The van der Waals surface area contributed by atoms with Crippen molar-refractivity contribution in [2.24, 2.45) is 11.8 Å². The SMILES string of the molecule is C=C[C@@H]1CN2CC[C@]3(C(=O)Nc4cccc(O)c43)[C@@H]2C[C@@H]1C(=COC)C(=O)OC. The monoisotopic (exact) mass is 398 g/mol. The van der Waals surface area contributed by atoms with Crippen LogP contribution in [0.1, 0.15) is 18.4 Å². The Hall–Kier alpha value is -2.80. The number of benzene rings is 1. The van der Waals surface area contributed by atoms with Crippen molar-refractivity contribution in [3.63, 3.8) is 0 Å². The van der Waals surface area contributed by atoms with Gasteiger partial charge in [-0.15, -0.1) is 6.58 Å². The zero-order valence-electron chi connectivity index (χ0n) is 16.7. The largest absolute Gasteiger partial charge is 0.508 e. The van der Waals surface area contributed by atoms with E-state index in [1.807, 2.05) is 12.1 Å². The molecule has 3 heterocycles. The number of anilines is 1. The minimum absolute atomic E-state index is 0.0233. The van der Waals surface area contributed by atoms with Crippen LogP contribution in [0, 0.1) is 11.8 Å². The summed E-state index contributed by atoms with van der Waals surface area (Å²) in [6.07, 6.45) is 4.47. The van der Waals surface area contributed by atoms with Gasteiger partial charge in [0.2, 0.25) is 5.91 Å². The lowest BCUT2D eigenvalue weighted by Gasteiger charge is -2.44. The van der Waals surface area contributed by atoms with Crippen molar-refractivity contribution in [3.05, 3.63) is 48.3 Å². The fraction of sp³-hybridized carbons (Fsp3) is 0.455. The number of carbonyl (C=O) groups excluding carboxylic acids is 2. The highest BCUT2D eigenvalue weighted by atomic mass is 16.5. The number of ether oxygens (including phenoxy) is 2. The Morgan fingerprint density at radius 2 is 2.21 bits per heavy atom. The van der Waals surface area contributed by atoms with Gasteiger partial charge in [-0.1, -0.05) is 12.1 Å². The van der Waals surface area contributed by atoms with Crippen molar-refractivity contribution in [2.75, 3.05) is 32.6 Å². The third kappa shape index (κ3) is 2.75. The molecule has 7 nitrogen and oxygen atoms in total. The summed E-state index contributed by atoms with van der Waals surface area (Å²) in [5.41, 5.74) is 0.945. The van der Waals surface area contributed by atoms with Crippen LogP contribution in [0.4, 0.5) is 5.69 Å². The summed E-state index contributed by atoms with van der Waals surface area (Å²) in [5.74, 6) is -0.573. The fourth-order valence-corrected chi connectivity index (χ4v) is 5.48. The van der Waals surface area contributed by atoms with Gasteiger partial charge in [-0.25, -0.2) is 4.79 Å². The molecule has 0 unspecified atom stereocenters. The lowest BCUT2D eigenvalue weighted by Crippen LogP contribution is -2.53. The molecular formula is C22H26N2O5. The van der Waals surface area contributed by atoms with Crippen molar-refractivity contribution < 1.29 is 24.2 Å². The molecular weight excluding hydrogens is 372 g/mol. The van der Waals surface area contributed by atoms with Gasteiger partial charge >= 0.3 is 5.97 Å². The molecule has 0 aliphatic carbocycles. The number of phenolic OH excluding ortho intramolecular Hbond substituents is 1. The summed E-state index contributed by atoms with van der Waals surface area (Å²) >= 11 is 0. The first-order chi connectivity index (χ1) is 14.0. The van der Waals surface area contributed by atoms with E-state index in [1.165, 1.54) is 20.5 Å². The van der Waals surface area contributed by atoms with Crippen molar-refractivity contribution in [3.8, 4) is 5.75 Å². The van der Waals surface area contributed by atoms with Crippen molar-refractivity contribution in [2.45, 2.75) is 24.3 Å². The number of rotatable bonds is 4. The molecule has 0 saturated carbocycles. The molecule has 1 amide bonds. The van der Waals surface area contributed by atoms with Crippen LogP contribution in [0.25, 0.3) is 0 Å². The molecule has 7 heteroatoms. The van der Waals surface area contributed by atoms with Gasteiger partial charge in [-0.05, 0) is 37.4 Å². The number of methoxy groups -OCH3 is 2. The highest BCUT2D eigenvalue weighted by Gasteiger charge is 2.61. The lowest BCUT2D eigenvalue weighted by atomic mass is 9.67. The predicted octanol–water partition coefficient (Wildman–Crippen LogP) is 2.18. The Morgan fingerprint density at radius 1 is 1.41 bits per heavy atom. The maximum atomic E-state index is 13.2. The highest BCUT2D eigenvalue weighted by Crippen LogP contribution is 2.55. The van der Waals surface area contributed by atoms with E-state index < -0.39 is 11.4 Å². The Kier molecular flexibility index (Phi) is 4.86. The molecule has 1 spiro atoms. The van der Waals surface area contributed by atoms with Gasteiger partial charge in [0.05, 0.1) is 31.5 Å². The quantitative estimate of drug-likeness (QED) is 0.350. The van der Waals surface area contributed by atoms with Crippen molar-refractivity contribution in [1.29, 1.82) is 0 Å². The normalized spacial score (nSPS) is 31.2. The van der Waals surface area contributed by atoms with Crippen LogP contribution in [0.3, 0.4) is 0 Å². The number of hydrogen-bond acceptors (Lipinski definition) is 6. The molecule has 154 valence electrons. The van der Waals surface area contributed by atoms with Crippen LogP contribution in [0.2, 0.25) is 0 Å². The molecule has 1 aromatic rings. The second-order valence-electron chi connectivity index (χ2n) is 7.93. The molecule has 4 atom stereocenters. The number of fused-ring (bicyclic) bond motifs is 4. The number of amides is 1. The molecule has 3 aliphatic rings. The maximum Gasteiger partial charge on any atom is 0.337 e. The van der Waals surface area contributed by atoms with E-state index in [2.05, 4.69) is 16.8 Å². The molecule has 0 bridgehead atoms. The van der Waals surface area contributed by atoms with E-state index in [1.54, 1.807) is 12.1 Å². The molecule has 0 radical (unpaired) electrons. The Balaban J connectivity index is 1.78. The Labute approximate surface area is 170 Å². The van der Waals surface area contributed by atoms with Gasteiger partial charge in [0.25, 0.3) is 0 Å². The van der Waals surface area contributed by atoms with Crippen LogP contribution >= 0.6 is 0 Å². The molecule has 0 aromatic heterocycles. The van der Waals surface area contributed by atoms with E-state index in [-0.39, 0.29) is 29.5 Å². The molecule has 2 saturated heterocycles. The fourth-order valence-electron chi connectivity index (χ4n) is 5.48. The van der Waals surface area contributed by atoms with Gasteiger partial charge in [0.1, 0.15) is 5.75 Å². The average molecular weight is 398 g/mol. The first kappa shape index (κ1) is 19.5. The molecule has 4 rings (SSSR count). The first-order valence-corrected chi connectivity index (χ1v) is 9.79. The van der Waals surface area contributed by atoms with E-state index in [0.29, 0.717) is 36.2 Å². The van der Waals surface area contributed by atoms with Crippen LogP contribution < -0.4 is 5.32 Å². The highest BCUT2D eigenvalue weighted by molar-refractivity contribution is 6.08. The third-order valence-corrected chi connectivity index (χ3v) is 6.75. The first-order valence-electron chi connectivity index (χ1n) is 9.79. The van der Waals surface area contributed by atoms with Gasteiger partial charge in [-0.3, -0.25) is 9.69 Å². The van der Waals surface area contributed by atoms with E-state index >= 15 is 0 Å². The van der Waals surface area contributed by atoms with Gasteiger partial charge in [0.15, 0.2) is 0 Å². The van der Waals surface area contributed by atoms with Crippen molar-refractivity contribution in [1.82, 2.24) is 4.90 Å². The maximum absolute atomic E-state index is 13.2. The third-order valence-electron chi connectivity index (χ3n) is 6.75.